The van der Waals surface area contributed by atoms with E-state index in [0.717, 1.165) is 18.8 Å². The van der Waals surface area contributed by atoms with Crippen molar-refractivity contribution >= 4 is 11.4 Å². The fraction of sp³-hybridized carbons (Fsp3) is 0.538. The highest BCUT2D eigenvalue weighted by molar-refractivity contribution is 5.61. The fourth-order valence-corrected chi connectivity index (χ4v) is 1.41. The predicted octanol–water partition coefficient (Wildman–Crippen LogP) is 2.36. The molecule has 0 amide bonds. The van der Waals surface area contributed by atoms with Crippen LogP contribution in [-0.4, -0.2) is 26.9 Å². The van der Waals surface area contributed by atoms with E-state index in [1.54, 1.807) is 7.11 Å². The lowest BCUT2D eigenvalue weighted by molar-refractivity contribution is 0.118. The summed E-state index contributed by atoms with van der Waals surface area (Å²) in [4.78, 5) is 0. The molecule has 17 heavy (non-hydrogen) atoms. The maximum atomic E-state index is 5.73. The van der Waals surface area contributed by atoms with Gasteiger partial charge < -0.3 is 20.5 Å². The van der Waals surface area contributed by atoms with Gasteiger partial charge in [-0.2, -0.15) is 0 Å². The SMILES string of the molecule is COc1cc(NCCOCC(C)C)ccc1N. The topological polar surface area (TPSA) is 56.5 Å². The van der Waals surface area contributed by atoms with Crippen LogP contribution in [0.4, 0.5) is 11.4 Å². The number of hydrogen-bond acceptors (Lipinski definition) is 4. The Hall–Kier alpha value is -1.42. The van der Waals surface area contributed by atoms with E-state index in [1.165, 1.54) is 0 Å². The molecule has 0 heterocycles. The van der Waals surface area contributed by atoms with Gasteiger partial charge in [0.05, 0.1) is 19.4 Å². The van der Waals surface area contributed by atoms with Crippen molar-refractivity contribution in [2.45, 2.75) is 13.8 Å². The lowest BCUT2D eigenvalue weighted by Gasteiger charge is -2.11. The van der Waals surface area contributed by atoms with Crippen LogP contribution >= 0.6 is 0 Å². The zero-order valence-electron chi connectivity index (χ0n) is 10.8. The molecule has 1 rings (SSSR count). The molecule has 0 aromatic heterocycles. The first-order valence-electron chi connectivity index (χ1n) is 5.88. The molecular weight excluding hydrogens is 216 g/mol. The molecule has 3 N–H and O–H groups in total. The second-order valence-electron chi connectivity index (χ2n) is 4.35. The van der Waals surface area contributed by atoms with E-state index in [0.29, 0.717) is 24.0 Å². The first kappa shape index (κ1) is 13.6. The Balaban J connectivity index is 2.32. The Morgan fingerprint density at radius 1 is 1.35 bits per heavy atom. The van der Waals surface area contributed by atoms with E-state index < -0.39 is 0 Å². The minimum absolute atomic E-state index is 0.576. The zero-order chi connectivity index (χ0) is 12.7. The Morgan fingerprint density at radius 2 is 2.12 bits per heavy atom. The number of anilines is 2. The lowest BCUT2D eigenvalue weighted by atomic mass is 10.2. The zero-order valence-corrected chi connectivity index (χ0v) is 10.8. The van der Waals surface area contributed by atoms with Gasteiger partial charge in [-0.15, -0.1) is 0 Å². The molecule has 0 aliphatic heterocycles. The van der Waals surface area contributed by atoms with Gasteiger partial charge >= 0.3 is 0 Å². The van der Waals surface area contributed by atoms with Gasteiger partial charge in [0.15, 0.2) is 0 Å². The third-order valence-electron chi connectivity index (χ3n) is 2.26. The van der Waals surface area contributed by atoms with Crippen LogP contribution in [0.15, 0.2) is 18.2 Å². The highest BCUT2D eigenvalue weighted by Crippen LogP contribution is 2.24. The van der Waals surface area contributed by atoms with Crippen LogP contribution < -0.4 is 15.8 Å². The number of rotatable bonds is 7. The molecule has 4 nitrogen and oxygen atoms in total. The van der Waals surface area contributed by atoms with Crippen LogP contribution in [0.3, 0.4) is 0 Å². The molecule has 96 valence electrons. The smallest absolute Gasteiger partial charge is 0.143 e. The molecule has 0 aliphatic rings. The Morgan fingerprint density at radius 3 is 2.76 bits per heavy atom. The second kappa shape index (κ2) is 7.01. The van der Waals surface area contributed by atoms with Gasteiger partial charge in [-0.05, 0) is 18.1 Å². The normalized spacial score (nSPS) is 10.6. The maximum Gasteiger partial charge on any atom is 0.143 e. The number of nitrogen functional groups attached to an aromatic ring is 1. The molecule has 0 unspecified atom stereocenters. The van der Waals surface area contributed by atoms with E-state index in [4.69, 9.17) is 15.2 Å². The van der Waals surface area contributed by atoms with E-state index in [1.807, 2.05) is 18.2 Å². The Kier molecular flexibility index (Phi) is 5.63. The highest BCUT2D eigenvalue weighted by atomic mass is 16.5. The summed E-state index contributed by atoms with van der Waals surface area (Å²) < 4.78 is 10.6. The molecule has 0 fully saturated rings. The van der Waals surface area contributed by atoms with Crippen LogP contribution in [0.25, 0.3) is 0 Å². The standard InChI is InChI=1S/C13H22N2O2/c1-10(2)9-17-7-6-15-11-4-5-12(14)13(8-11)16-3/h4-5,8,10,15H,6-7,9,14H2,1-3H3. The van der Waals surface area contributed by atoms with E-state index in [-0.39, 0.29) is 0 Å². The minimum atomic E-state index is 0.576. The number of hydrogen-bond donors (Lipinski definition) is 2. The molecule has 4 heteroatoms. The van der Waals surface area contributed by atoms with Gasteiger partial charge in [-0.1, -0.05) is 13.8 Å². The van der Waals surface area contributed by atoms with Crippen molar-refractivity contribution in [1.29, 1.82) is 0 Å². The van der Waals surface area contributed by atoms with Gasteiger partial charge in [0, 0.05) is 24.9 Å². The second-order valence-corrected chi connectivity index (χ2v) is 4.35. The molecule has 0 radical (unpaired) electrons. The molecule has 1 aromatic rings. The van der Waals surface area contributed by atoms with Gasteiger partial charge in [-0.25, -0.2) is 0 Å². The van der Waals surface area contributed by atoms with Crippen LogP contribution in [0.2, 0.25) is 0 Å². The van der Waals surface area contributed by atoms with E-state index >= 15 is 0 Å². The molecule has 0 saturated carbocycles. The molecule has 1 aromatic carbocycles. The van der Waals surface area contributed by atoms with Crippen LogP contribution in [0, 0.1) is 5.92 Å². The van der Waals surface area contributed by atoms with Gasteiger partial charge in [0.25, 0.3) is 0 Å². The Labute approximate surface area is 103 Å². The van der Waals surface area contributed by atoms with Crippen LogP contribution in [0.5, 0.6) is 5.75 Å². The number of nitrogens with two attached hydrogens (primary N) is 1. The average Bonchev–Trinajstić information content (AvgIpc) is 2.30. The summed E-state index contributed by atoms with van der Waals surface area (Å²) in [5.74, 6) is 1.27. The molecule has 0 aliphatic carbocycles. The lowest BCUT2D eigenvalue weighted by Crippen LogP contribution is -2.12. The van der Waals surface area contributed by atoms with Crippen molar-refractivity contribution in [3.63, 3.8) is 0 Å². The largest absolute Gasteiger partial charge is 0.495 e. The van der Waals surface area contributed by atoms with Crippen LogP contribution in [0.1, 0.15) is 13.8 Å². The van der Waals surface area contributed by atoms with Crippen LogP contribution in [-0.2, 0) is 4.74 Å². The van der Waals surface area contributed by atoms with Gasteiger partial charge in [0.1, 0.15) is 5.75 Å². The Bertz CT molecular complexity index is 340. The van der Waals surface area contributed by atoms with Crippen molar-refractivity contribution in [3.8, 4) is 5.75 Å². The minimum Gasteiger partial charge on any atom is -0.495 e. The first-order chi connectivity index (χ1) is 8.13. The summed E-state index contributed by atoms with van der Waals surface area (Å²) >= 11 is 0. The number of ether oxygens (including phenoxy) is 2. The fourth-order valence-electron chi connectivity index (χ4n) is 1.41. The molecular formula is C13H22N2O2. The molecule has 0 bridgehead atoms. The summed E-state index contributed by atoms with van der Waals surface area (Å²) in [6.45, 7) is 6.55. The summed E-state index contributed by atoms with van der Waals surface area (Å²) in [5, 5.41) is 3.26. The first-order valence-corrected chi connectivity index (χ1v) is 5.88. The third-order valence-corrected chi connectivity index (χ3v) is 2.26. The molecule has 0 atom stereocenters. The van der Waals surface area contributed by atoms with Crippen molar-refractivity contribution in [2.75, 3.05) is 37.9 Å². The third kappa shape index (κ3) is 4.95. The monoisotopic (exact) mass is 238 g/mol. The van der Waals surface area contributed by atoms with Crippen molar-refractivity contribution in [2.24, 2.45) is 5.92 Å². The summed E-state index contributed by atoms with van der Waals surface area (Å²) in [5.41, 5.74) is 7.37. The molecule has 0 spiro atoms. The predicted molar refractivity (Wildman–Crippen MR) is 71.6 cm³/mol. The van der Waals surface area contributed by atoms with E-state index in [9.17, 15) is 0 Å². The number of methoxy groups -OCH3 is 1. The summed E-state index contributed by atoms with van der Waals surface area (Å²) in [7, 11) is 1.61. The van der Waals surface area contributed by atoms with Crippen molar-refractivity contribution in [3.05, 3.63) is 18.2 Å². The van der Waals surface area contributed by atoms with Crippen molar-refractivity contribution in [1.82, 2.24) is 0 Å². The number of benzene rings is 1. The van der Waals surface area contributed by atoms with Gasteiger partial charge in [0.2, 0.25) is 0 Å². The van der Waals surface area contributed by atoms with Crippen molar-refractivity contribution < 1.29 is 9.47 Å². The average molecular weight is 238 g/mol. The summed E-state index contributed by atoms with van der Waals surface area (Å²) in [6.07, 6.45) is 0. The number of nitrogens with one attached hydrogen (secondary N) is 1. The van der Waals surface area contributed by atoms with E-state index in [2.05, 4.69) is 19.2 Å². The summed E-state index contributed by atoms with van der Waals surface area (Å²) in [6, 6.07) is 5.65. The quantitative estimate of drug-likeness (QED) is 0.565. The highest BCUT2D eigenvalue weighted by Gasteiger charge is 2.00. The maximum absolute atomic E-state index is 5.73. The molecule has 0 saturated heterocycles. The van der Waals surface area contributed by atoms with Gasteiger partial charge in [-0.3, -0.25) is 0 Å².